The minimum absolute atomic E-state index is 0.155. The molecule has 0 saturated carbocycles. The van der Waals surface area contributed by atoms with Gasteiger partial charge in [0.1, 0.15) is 17.5 Å². The van der Waals surface area contributed by atoms with Gasteiger partial charge in [-0.25, -0.2) is 9.97 Å². The average Bonchev–Trinajstić information content (AvgIpc) is 2.40. The summed E-state index contributed by atoms with van der Waals surface area (Å²) in [6, 6.07) is 9.69. The molecule has 1 aromatic carbocycles. The number of nitrogens with one attached hydrogen (secondary N) is 1. The Morgan fingerprint density at radius 1 is 1.19 bits per heavy atom. The fraction of sp³-hybridized carbons (Fsp3) is 0.375. The molecule has 0 fully saturated rings. The van der Waals surface area contributed by atoms with Crippen LogP contribution in [0.2, 0.25) is 0 Å². The first-order valence-electron chi connectivity index (χ1n) is 6.89. The number of ether oxygens (including phenoxy) is 1. The molecule has 0 aliphatic heterocycles. The van der Waals surface area contributed by atoms with Crippen LogP contribution >= 0.6 is 0 Å². The van der Waals surface area contributed by atoms with Crippen molar-refractivity contribution in [1.29, 1.82) is 0 Å². The Labute approximate surface area is 125 Å². The summed E-state index contributed by atoms with van der Waals surface area (Å²) < 4.78 is 5.21. The van der Waals surface area contributed by atoms with Crippen molar-refractivity contribution in [2.75, 3.05) is 18.2 Å². The van der Waals surface area contributed by atoms with Crippen LogP contribution in [0.5, 0.6) is 0 Å². The van der Waals surface area contributed by atoms with Gasteiger partial charge in [-0.05, 0) is 6.07 Å². The number of nitrogens with zero attached hydrogens (tertiary/aromatic N) is 2. The third-order valence-electron chi connectivity index (χ3n) is 3.00. The predicted molar refractivity (Wildman–Crippen MR) is 85.6 cm³/mol. The van der Waals surface area contributed by atoms with Crippen LogP contribution in [0, 0.1) is 0 Å². The Balaban J connectivity index is 2.34. The van der Waals surface area contributed by atoms with Gasteiger partial charge in [-0.2, -0.15) is 0 Å². The molecule has 0 bridgehead atoms. The minimum atomic E-state index is -0.155. The van der Waals surface area contributed by atoms with E-state index in [1.165, 1.54) is 0 Å². The fourth-order valence-electron chi connectivity index (χ4n) is 1.93. The Hall–Kier alpha value is -2.14. The summed E-state index contributed by atoms with van der Waals surface area (Å²) >= 11 is 0. The van der Waals surface area contributed by atoms with Crippen LogP contribution < -0.4 is 11.1 Å². The zero-order chi connectivity index (χ0) is 15.5. The highest BCUT2D eigenvalue weighted by Crippen LogP contribution is 2.24. The minimum Gasteiger partial charge on any atom is -0.384 e. The van der Waals surface area contributed by atoms with E-state index in [4.69, 9.17) is 10.5 Å². The van der Waals surface area contributed by atoms with Crippen LogP contribution in [0.25, 0.3) is 0 Å². The Morgan fingerprint density at radius 2 is 1.90 bits per heavy atom. The van der Waals surface area contributed by atoms with Gasteiger partial charge in [-0.3, -0.25) is 0 Å². The maximum absolute atomic E-state index is 5.89. The van der Waals surface area contributed by atoms with E-state index < -0.39 is 0 Å². The van der Waals surface area contributed by atoms with Gasteiger partial charge in [0.25, 0.3) is 0 Å². The molecule has 21 heavy (non-hydrogen) atoms. The fourth-order valence-corrected chi connectivity index (χ4v) is 1.93. The molecule has 2 aromatic rings. The second-order valence-corrected chi connectivity index (χ2v) is 5.97. The molecule has 0 atom stereocenters. The van der Waals surface area contributed by atoms with Crippen molar-refractivity contribution in [2.24, 2.45) is 0 Å². The molecule has 0 aliphatic rings. The van der Waals surface area contributed by atoms with E-state index in [9.17, 15) is 0 Å². The molecule has 0 amide bonds. The number of nitrogens with two attached hydrogens (primary N) is 1. The topological polar surface area (TPSA) is 73.1 Å². The van der Waals surface area contributed by atoms with Gasteiger partial charge < -0.3 is 15.8 Å². The average molecular weight is 286 g/mol. The van der Waals surface area contributed by atoms with Crippen molar-refractivity contribution in [1.82, 2.24) is 9.97 Å². The first-order valence-corrected chi connectivity index (χ1v) is 6.89. The van der Waals surface area contributed by atoms with Crippen LogP contribution in [0.1, 0.15) is 32.2 Å². The van der Waals surface area contributed by atoms with Crippen LogP contribution in [-0.4, -0.2) is 17.1 Å². The van der Waals surface area contributed by atoms with E-state index in [1.807, 2.05) is 24.3 Å². The van der Waals surface area contributed by atoms with Crippen LogP contribution in [0.4, 0.5) is 17.3 Å². The van der Waals surface area contributed by atoms with E-state index in [1.54, 1.807) is 13.2 Å². The van der Waals surface area contributed by atoms with E-state index in [0.717, 1.165) is 11.3 Å². The van der Waals surface area contributed by atoms with E-state index in [2.05, 4.69) is 36.1 Å². The lowest BCUT2D eigenvalue weighted by Gasteiger charge is -2.18. The summed E-state index contributed by atoms with van der Waals surface area (Å²) in [6.45, 7) is 6.72. The number of nitrogen functional groups attached to an aromatic ring is 1. The largest absolute Gasteiger partial charge is 0.384 e. The number of methoxy groups -OCH3 is 1. The number of para-hydroxylation sites is 1. The molecule has 0 aliphatic carbocycles. The van der Waals surface area contributed by atoms with E-state index in [0.29, 0.717) is 24.1 Å². The zero-order valence-electron chi connectivity index (χ0n) is 13.0. The third kappa shape index (κ3) is 3.92. The summed E-state index contributed by atoms with van der Waals surface area (Å²) in [5.41, 5.74) is 7.76. The van der Waals surface area contributed by atoms with E-state index in [-0.39, 0.29) is 5.41 Å². The number of rotatable bonds is 4. The highest BCUT2D eigenvalue weighted by molar-refractivity contribution is 5.62. The summed E-state index contributed by atoms with van der Waals surface area (Å²) in [6.07, 6.45) is 0. The smallest absolute Gasteiger partial charge is 0.138 e. The maximum atomic E-state index is 5.89. The molecule has 3 N–H and O–H groups in total. The van der Waals surface area contributed by atoms with Crippen LogP contribution in [-0.2, 0) is 16.8 Å². The molecule has 5 heteroatoms. The summed E-state index contributed by atoms with van der Waals surface area (Å²) in [5, 5.41) is 3.30. The zero-order valence-corrected chi connectivity index (χ0v) is 13.0. The van der Waals surface area contributed by atoms with Crippen molar-refractivity contribution >= 4 is 17.3 Å². The molecule has 0 spiro atoms. The number of anilines is 3. The molecule has 1 aromatic heterocycles. The third-order valence-corrected chi connectivity index (χ3v) is 3.00. The first kappa shape index (κ1) is 15.3. The molecular formula is C16H22N4O. The number of benzene rings is 1. The quantitative estimate of drug-likeness (QED) is 0.902. The van der Waals surface area contributed by atoms with Crippen molar-refractivity contribution in [3.8, 4) is 0 Å². The summed E-state index contributed by atoms with van der Waals surface area (Å²) in [4.78, 5) is 8.87. The Morgan fingerprint density at radius 3 is 2.57 bits per heavy atom. The second-order valence-electron chi connectivity index (χ2n) is 5.97. The van der Waals surface area contributed by atoms with Gasteiger partial charge in [0.05, 0.1) is 6.61 Å². The molecule has 0 radical (unpaired) electrons. The summed E-state index contributed by atoms with van der Waals surface area (Å²) in [7, 11) is 1.68. The molecule has 1 heterocycles. The van der Waals surface area contributed by atoms with Crippen LogP contribution in [0.15, 0.2) is 30.3 Å². The van der Waals surface area contributed by atoms with Gasteiger partial charge in [0, 0.05) is 29.8 Å². The predicted octanol–water partition coefficient (Wildman–Crippen LogP) is 3.25. The Bertz CT molecular complexity index is 620. The monoisotopic (exact) mass is 286 g/mol. The van der Waals surface area contributed by atoms with Crippen molar-refractivity contribution in [2.45, 2.75) is 32.8 Å². The maximum Gasteiger partial charge on any atom is 0.138 e. The molecule has 2 rings (SSSR count). The van der Waals surface area contributed by atoms with Gasteiger partial charge in [0.2, 0.25) is 0 Å². The van der Waals surface area contributed by atoms with Crippen molar-refractivity contribution in [3.05, 3.63) is 41.7 Å². The van der Waals surface area contributed by atoms with Crippen molar-refractivity contribution in [3.63, 3.8) is 0 Å². The SMILES string of the molecule is COCc1ccccc1Nc1cc(N)nc(C(C)(C)C)n1. The molecule has 5 nitrogen and oxygen atoms in total. The van der Waals surface area contributed by atoms with E-state index >= 15 is 0 Å². The molecule has 0 unspecified atom stereocenters. The standard InChI is InChI=1S/C16H22N4O/c1-16(2,3)15-19-13(17)9-14(20-15)18-12-8-6-5-7-11(12)10-21-4/h5-9H,10H2,1-4H3,(H3,17,18,19,20). The van der Waals surface area contributed by atoms with Gasteiger partial charge in [-0.1, -0.05) is 39.0 Å². The number of aromatic nitrogens is 2. The lowest BCUT2D eigenvalue weighted by Crippen LogP contribution is -2.17. The lowest BCUT2D eigenvalue weighted by atomic mass is 9.96. The molecular weight excluding hydrogens is 264 g/mol. The molecule has 0 saturated heterocycles. The van der Waals surface area contributed by atoms with Crippen LogP contribution in [0.3, 0.4) is 0 Å². The van der Waals surface area contributed by atoms with Gasteiger partial charge in [0.15, 0.2) is 0 Å². The highest BCUT2D eigenvalue weighted by atomic mass is 16.5. The second kappa shape index (κ2) is 6.10. The normalized spacial score (nSPS) is 11.4. The molecule has 112 valence electrons. The highest BCUT2D eigenvalue weighted by Gasteiger charge is 2.18. The number of hydrogen-bond donors (Lipinski definition) is 2. The van der Waals surface area contributed by atoms with Crippen molar-refractivity contribution < 1.29 is 4.74 Å². The van der Waals surface area contributed by atoms with Gasteiger partial charge >= 0.3 is 0 Å². The Kier molecular flexibility index (Phi) is 4.43. The summed E-state index contributed by atoms with van der Waals surface area (Å²) in [5.74, 6) is 1.87. The lowest BCUT2D eigenvalue weighted by molar-refractivity contribution is 0.185. The first-order chi connectivity index (χ1) is 9.90. The number of hydrogen-bond acceptors (Lipinski definition) is 5. The van der Waals surface area contributed by atoms with Gasteiger partial charge in [-0.15, -0.1) is 0 Å².